The number of ether oxygens (including phenoxy) is 1. The number of aryl methyl sites for hydroxylation is 3. The molecule has 0 bridgehead atoms. The topological polar surface area (TPSA) is 69.0 Å². The van der Waals surface area contributed by atoms with Gasteiger partial charge in [0.25, 0.3) is 5.91 Å². The van der Waals surface area contributed by atoms with Crippen molar-refractivity contribution < 1.29 is 9.53 Å². The minimum absolute atomic E-state index is 0.233. The molecule has 1 atom stereocenters. The van der Waals surface area contributed by atoms with E-state index >= 15 is 0 Å². The summed E-state index contributed by atoms with van der Waals surface area (Å²) < 4.78 is 7.68. The van der Waals surface area contributed by atoms with E-state index in [1.807, 2.05) is 81.6 Å². The number of amides is 1. The van der Waals surface area contributed by atoms with Gasteiger partial charge in [-0.3, -0.25) is 9.48 Å². The first kappa shape index (κ1) is 19.6. The second-order valence-corrected chi connectivity index (χ2v) is 7.40. The predicted molar refractivity (Wildman–Crippen MR) is 119 cm³/mol. The molecule has 0 aliphatic carbocycles. The third-order valence-corrected chi connectivity index (χ3v) is 5.02. The molecule has 6 nitrogen and oxygen atoms in total. The largest absolute Gasteiger partial charge is 0.464 e. The van der Waals surface area contributed by atoms with Gasteiger partial charge in [0.05, 0.1) is 11.1 Å². The number of carbonyl (C=O) groups excluding carboxylic acids is 1. The highest BCUT2D eigenvalue weighted by molar-refractivity contribution is 5.96. The van der Waals surface area contributed by atoms with Crippen LogP contribution in [0.2, 0.25) is 0 Å². The number of carbonyl (C=O) groups is 1. The highest BCUT2D eigenvalue weighted by atomic mass is 16.5. The van der Waals surface area contributed by atoms with Crippen molar-refractivity contribution in [3.8, 4) is 17.0 Å². The monoisotopic (exact) mass is 400 g/mol. The Hall–Kier alpha value is -3.67. The van der Waals surface area contributed by atoms with E-state index < -0.39 is 6.10 Å². The molecule has 1 amide bonds. The van der Waals surface area contributed by atoms with Crippen LogP contribution in [0, 0.1) is 13.8 Å². The SMILES string of the molecule is Cc1ccc(NC(=O)C(C)Oc2cc(-c3ccccc3)c3c(C)nn(C)c3n2)cc1. The number of anilines is 1. The van der Waals surface area contributed by atoms with Crippen LogP contribution in [-0.2, 0) is 11.8 Å². The lowest BCUT2D eigenvalue weighted by molar-refractivity contribution is -0.122. The van der Waals surface area contributed by atoms with Gasteiger partial charge in [-0.1, -0.05) is 48.0 Å². The zero-order chi connectivity index (χ0) is 21.3. The summed E-state index contributed by atoms with van der Waals surface area (Å²) >= 11 is 0. The lowest BCUT2D eigenvalue weighted by Gasteiger charge is -2.15. The summed E-state index contributed by atoms with van der Waals surface area (Å²) in [6.45, 7) is 5.68. The molecule has 2 heterocycles. The molecule has 0 saturated carbocycles. The van der Waals surface area contributed by atoms with Crippen molar-refractivity contribution in [1.29, 1.82) is 0 Å². The number of hydrogen-bond donors (Lipinski definition) is 1. The smallest absolute Gasteiger partial charge is 0.265 e. The van der Waals surface area contributed by atoms with Crippen LogP contribution in [0.5, 0.6) is 5.88 Å². The van der Waals surface area contributed by atoms with Gasteiger partial charge in [-0.15, -0.1) is 0 Å². The summed E-state index contributed by atoms with van der Waals surface area (Å²) in [6, 6.07) is 19.6. The molecule has 0 fully saturated rings. The molecular weight excluding hydrogens is 376 g/mol. The summed E-state index contributed by atoms with van der Waals surface area (Å²) in [7, 11) is 1.86. The molecule has 4 rings (SSSR count). The fraction of sp³-hybridized carbons (Fsp3) is 0.208. The predicted octanol–water partition coefficient (Wildman–Crippen LogP) is 4.66. The number of fused-ring (bicyclic) bond motifs is 1. The third-order valence-electron chi connectivity index (χ3n) is 5.02. The van der Waals surface area contributed by atoms with Gasteiger partial charge in [-0.05, 0) is 44.0 Å². The quantitative estimate of drug-likeness (QED) is 0.529. The molecule has 2 aromatic carbocycles. The molecule has 152 valence electrons. The van der Waals surface area contributed by atoms with E-state index in [9.17, 15) is 4.79 Å². The minimum Gasteiger partial charge on any atom is -0.464 e. The number of nitrogens with one attached hydrogen (secondary N) is 1. The Morgan fingerprint density at radius 1 is 1.07 bits per heavy atom. The van der Waals surface area contributed by atoms with Gasteiger partial charge in [-0.25, -0.2) is 0 Å². The van der Waals surface area contributed by atoms with E-state index in [4.69, 9.17) is 4.74 Å². The molecule has 4 aromatic rings. The van der Waals surface area contributed by atoms with Crippen molar-refractivity contribution in [2.75, 3.05) is 5.32 Å². The Morgan fingerprint density at radius 3 is 2.47 bits per heavy atom. The highest BCUT2D eigenvalue weighted by Gasteiger charge is 2.19. The second-order valence-electron chi connectivity index (χ2n) is 7.40. The fourth-order valence-corrected chi connectivity index (χ4v) is 3.44. The van der Waals surface area contributed by atoms with Crippen molar-refractivity contribution in [3.05, 3.63) is 71.9 Å². The van der Waals surface area contributed by atoms with Crippen LogP contribution in [0.3, 0.4) is 0 Å². The molecule has 0 aliphatic heterocycles. The Balaban J connectivity index is 1.65. The van der Waals surface area contributed by atoms with Crippen LogP contribution >= 0.6 is 0 Å². The van der Waals surface area contributed by atoms with Crippen LogP contribution in [0.4, 0.5) is 5.69 Å². The third kappa shape index (κ3) is 3.89. The normalized spacial score (nSPS) is 12.0. The summed E-state index contributed by atoms with van der Waals surface area (Å²) in [5.74, 6) is 0.152. The van der Waals surface area contributed by atoms with Crippen LogP contribution in [0.1, 0.15) is 18.2 Å². The fourth-order valence-electron chi connectivity index (χ4n) is 3.44. The number of aromatic nitrogens is 3. The summed E-state index contributed by atoms with van der Waals surface area (Å²) in [5, 5.41) is 8.37. The zero-order valence-corrected chi connectivity index (χ0v) is 17.5. The zero-order valence-electron chi connectivity index (χ0n) is 17.5. The number of benzene rings is 2. The van der Waals surface area contributed by atoms with E-state index in [1.165, 1.54) is 0 Å². The molecule has 0 saturated heterocycles. The maximum absolute atomic E-state index is 12.6. The molecule has 0 radical (unpaired) electrons. The minimum atomic E-state index is -0.714. The molecule has 0 spiro atoms. The lowest BCUT2D eigenvalue weighted by Crippen LogP contribution is -2.30. The summed E-state index contributed by atoms with van der Waals surface area (Å²) in [6.07, 6.45) is -0.714. The number of pyridine rings is 1. The van der Waals surface area contributed by atoms with Crippen molar-refractivity contribution in [3.63, 3.8) is 0 Å². The van der Waals surface area contributed by atoms with Gasteiger partial charge in [0.15, 0.2) is 11.8 Å². The maximum Gasteiger partial charge on any atom is 0.265 e. The number of rotatable bonds is 5. The van der Waals surface area contributed by atoms with Crippen molar-refractivity contribution >= 4 is 22.6 Å². The van der Waals surface area contributed by atoms with E-state index in [-0.39, 0.29) is 5.91 Å². The van der Waals surface area contributed by atoms with Crippen LogP contribution in [0.15, 0.2) is 60.7 Å². The molecule has 1 unspecified atom stereocenters. The van der Waals surface area contributed by atoms with Gasteiger partial charge in [-0.2, -0.15) is 10.1 Å². The number of hydrogen-bond acceptors (Lipinski definition) is 4. The van der Waals surface area contributed by atoms with Crippen molar-refractivity contribution in [2.45, 2.75) is 26.9 Å². The van der Waals surface area contributed by atoms with Gasteiger partial charge >= 0.3 is 0 Å². The van der Waals surface area contributed by atoms with E-state index in [2.05, 4.69) is 15.4 Å². The standard InChI is InChI=1S/C24H24N4O2/c1-15-10-12-19(13-11-15)25-24(29)17(3)30-21-14-20(18-8-6-5-7-9-18)22-16(2)27-28(4)23(22)26-21/h5-14,17H,1-4H3,(H,25,29). The van der Waals surface area contributed by atoms with Gasteiger partial charge in [0.1, 0.15) is 0 Å². The van der Waals surface area contributed by atoms with Crippen LogP contribution in [0.25, 0.3) is 22.2 Å². The highest BCUT2D eigenvalue weighted by Crippen LogP contribution is 2.33. The molecule has 6 heteroatoms. The second kappa shape index (κ2) is 7.99. The van der Waals surface area contributed by atoms with Crippen LogP contribution in [-0.4, -0.2) is 26.8 Å². The van der Waals surface area contributed by atoms with Crippen LogP contribution < -0.4 is 10.1 Å². The van der Waals surface area contributed by atoms with Gasteiger partial charge in [0, 0.05) is 18.8 Å². The summed E-state index contributed by atoms with van der Waals surface area (Å²) in [4.78, 5) is 17.2. The number of nitrogens with zero attached hydrogens (tertiary/aromatic N) is 3. The first-order chi connectivity index (χ1) is 14.4. The first-order valence-corrected chi connectivity index (χ1v) is 9.86. The lowest BCUT2D eigenvalue weighted by atomic mass is 10.0. The average Bonchev–Trinajstić information content (AvgIpc) is 3.03. The van der Waals surface area contributed by atoms with Gasteiger partial charge in [0.2, 0.25) is 5.88 Å². The van der Waals surface area contributed by atoms with Crippen molar-refractivity contribution in [1.82, 2.24) is 14.8 Å². The molecule has 0 aliphatic rings. The Bertz CT molecular complexity index is 1200. The van der Waals surface area contributed by atoms with E-state index in [0.717, 1.165) is 39.1 Å². The van der Waals surface area contributed by atoms with E-state index in [1.54, 1.807) is 11.6 Å². The molecule has 2 aromatic heterocycles. The summed E-state index contributed by atoms with van der Waals surface area (Å²) in [5.41, 5.74) is 5.51. The van der Waals surface area contributed by atoms with E-state index in [0.29, 0.717) is 5.88 Å². The molecular formula is C24H24N4O2. The van der Waals surface area contributed by atoms with Gasteiger partial charge < -0.3 is 10.1 Å². The molecule has 30 heavy (non-hydrogen) atoms. The Kier molecular flexibility index (Phi) is 5.23. The Labute approximate surface area is 175 Å². The first-order valence-electron chi connectivity index (χ1n) is 9.86. The average molecular weight is 400 g/mol. The Morgan fingerprint density at radius 2 is 1.77 bits per heavy atom. The maximum atomic E-state index is 12.6. The van der Waals surface area contributed by atoms with Crippen molar-refractivity contribution in [2.24, 2.45) is 7.05 Å². The molecule has 1 N–H and O–H groups in total.